The van der Waals surface area contributed by atoms with E-state index in [4.69, 9.17) is 21.1 Å². The smallest absolute Gasteiger partial charge is 0.231 e. The molecule has 19 heavy (non-hydrogen) atoms. The van der Waals surface area contributed by atoms with Crippen molar-refractivity contribution in [3.8, 4) is 11.5 Å². The first kappa shape index (κ1) is 14.5. The molecule has 0 spiro atoms. The van der Waals surface area contributed by atoms with E-state index in [0.29, 0.717) is 10.8 Å². The van der Waals surface area contributed by atoms with Crippen molar-refractivity contribution >= 4 is 11.6 Å². The molecule has 1 aromatic carbocycles. The first-order chi connectivity index (χ1) is 9.16. The van der Waals surface area contributed by atoms with Crippen LogP contribution in [0.4, 0.5) is 0 Å². The SMILES string of the molecule is CC(C)CCCCNCc1cc(Cl)c2c(c1)OCO2. The van der Waals surface area contributed by atoms with Crippen LogP contribution in [0.5, 0.6) is 11.5 Å². The molecule has 0 saturated heterocycles. The zero-order valence-corrected chi connectivity index (χ0v) is 12.4. The highest BCUT2D eigenvalue weighted by atomic mass is 35.5. The maximum absolute atomic E-state index is 6.14. The summed E-state index contributed by atoms with van der Waals surface area (Å²) in [7, 11) is 0. The number of halogens is 1. The minimum absolute atomic E-state index is 0.265. The van der Waals surface area contributed by atoms with Crippen molar-refractivity contribution in [2.24, 2.45) is 5.92 Å². The minimum Gasteiger partial charge on any atom is -0.454 e. The van der Waals surface area contributed by atoms with Gasteiger partial charge in [0.2, 0.25) is 6.79 Å². The van der Waals surface area contributed by atoms with Crippen LogP contribution in [-0.4, -0.2) is 13.3 Å². The Morgan fingerprint density at radius 1 is 1.26 bits per heavy atom. The molecule has 0 radical (unpaired) electrons. The van der Waals surface area contributed by atoms with Gasteiger partial charge in [-0.15, -0.1) is 0 Å². The Hall–Kier alpha value is -0.930. The molecule has 0 fully saturated rings. The predicted molar refractivity (Wildman–Crippen MR) is 78.0 cm³/mol. The van der Waals surface area contributed by atoms with Crippen molar-refractivity contribution < 1.29 is 9.47 Å². The van der Waals surface area contributed by atoms with Crippen LogP contribution < -0.4 is 14.8 Å². The van der Waals surface area contributed by atoms with Gasteiger partial charge in [-0.2, -0.15) is 0 Å². The van der Waals surface area contributed by atoms with Crippen LogP contribution in [0.3, 0.4) is 0 Å². The van der Waals surface area contributed by atoms with Crippen LogP contribution in [0.2, 0.25) is 5.02 Å². The van der Waals surface area contributed by atoms with Crippen molar-refractivity contribution in [3.63, 3.8) is 0 Å². The molecule has 1 N–H and O–H groups in total. The molecule has 1 aromatic rings. The Bertz CT molecular complexity index is 421. The number of fused-ring (bicyclic) bond motifs is 1. The lowest BCUT2D eigenvalue weighted by molar-refractivity contribution is 0.174. The average molecular weight is 284 g/mol. The highest BCUT2D eigenvalue weighted by molar-refractivity contribution is 6.32. The molecular formula is C15H22ClNO2. The van der Waals surface area contributed by atoms with Gasteiger partial charge in [0.15, 0.2) is 11.5 Å². The van der Waals surface area contributed by atoms with Gasteiger partial charge in [0.1, 0.15) is 0 Å². The zero-order valence-electron chi connectivity index (χ0n) is 11.7. The van der Waals surface area contributed by atoms with E-state index in [0.717, 1.165) is 30.3 Å². The lowest BCUT2D eigenvalue weighted by atomic mass is 10.1. The normalized spacial score (nSPS) is 13.3. The van der Waals surface area contributed by atoms with Gasteiger partial charge in [0.05, 0.1) is 5.02 Å². The lowest BCUT2D eigenvalue weighted by Crippen LogP contribution is -2.14. The number of rotatable bonds is 7. The predicted octanol–water partition coefficient (Wildman–Crippen LogP) is 3.98. The van der Waals surface area contributed by atoms with Crippen molar-refractivity contribution in [1.29, 1.82) is 0 Å². The summed E-state index contributed by atoms with van der Waals surface area (Å²) in [5.74, 6) is 2.22. The third-order valence-corrected chi connectivity index (χ3v) is 3.48. The van der Waals surface area contributed by atoms with Gasteiger partial charge >= 0.3 is 0 Å². The summed E-state index contributed by atoms with van der Waals surface area (Å²) in [6, 6.07) is 3.94. The van der Waals surface area contributed by atoms with E-state index in [1.807, 2.05) is 12.1 Å². The highest BCUT2D eigenvalue weighted by Gasteiger charge is 2.17. The Morgan fingerprint density at radius 2 is 2.11 bits per heavy atom. The summed E-state index contributed by atoms with van der Waals surface area (Å²) in [4.78, 5) is 0. The molecule has 3 nitrogen and oxygen atoms in total. The molecule has 0 unspecified atom stereocenters. The highest BCUT2D eigenvalue weighted by Crippen LogP contribution is 2.39. The molecule has 2 rings (SSSR count). The van der Waals surface area contributed by atoms with Crippen molar-refractivity contribution in [2.45, 2.75) is 39.7 Å². The number of hydrogen-bond acceptors (Lipinski definition) is 3. The van der Waals surface area contributed by atoms with Crippen LogP contribution in [0, 0.1) is 5.92 Å². The van der Waals surface area contributed by atoms with Crippen LogP contribution >= 0.6 is 11.6 Å². The minimum atomic E-state index is 0.265. The van der Waals surface area contributed by atoms with Crippen LogP contribution in [-0.2, 0) is 6.54 Å². The Morgan fingerprint density at radius 3 is 2.89 bits per heavy atom. The third-order valence-electron chi connectivity index (χ3n) is 3.20. The van der Waals surface area contributed by atoms with Gasteiger partial charge in [-0.25, -0.2) is 0 Å². The monoisotopic (exact) mass is 283 g/mol. The molecule has 4 heteroatoms. The van der Waals surface area contributed by atoms with Gasteiger partial charge in [-0.1, -0.05) is 38.3 Å². The van der Waals surface area contributed by atoms with E-state index in [1.165, 1.54) is 19.3 Å². The van der Waals surface area contributed by atoms with Gasteiger partial charge in [0, 0.05) is 6.54 Å². The molecular weight excluding hydrogens is 262 g/mol. The van der Waals surface area contributed by atoms with Gasteiger partial charge in [-0.3, -0.25) is 0 Å². The van der Waals surface area contributed by atoms with Crippen molar-refractivity contribution in [1.82, 2.24) is 5.32 Å². The fourth-order valence-electron chi connectivity index (χ4n) is 2.16. The molecule has 0 bridgehead atoms. The molecule has 1 heterocycles. The summed E-state index contributed by atoms with van der Waals surface area (Å²) in [6.07, 6.45) is 3.81. The first-order valence-corrected chi connectivity index (χ1v) is 7.33. The average Bonchev–Trinajstić information content (AvgIpc) is 2.82. The molecule has 0 aliphatic carbocycles. The van der Waals surface area contributed by atoms with Crippen molar-refractivity contribution in [2.75, 3.05) is 13.3 Å². The molecule has 0 aromatic heterocycles. The molecule has 106 valence electrons. The van der Waals surface area contributed by atoms with Crippen LogP contribution in [0.15, 0.2) is 12.1 Å². The number of ether oxygens (including phenoxy) is 2. The Kier molecular flexibility index (Phi) is 5.34. The third kappa shape index (κ3) is 4.29. The largest absolute Gasteiger partial charge is 0.454 e. The summed E-state index contributed by atoms with van der Waals surface area (Å²) >= 11 is 6.14. The summed E-state index contributed by atoms with van der Waals surface area (Å²) in [5, 5.41) is 4.07. The zero-order chi connectivity index (χ0) is 13.7. The van der Waals surface area contributed by atoms with E-state index in [1.54, 1.807) is 0 Å². The summed E-state index contributed by atoms with van der Waals surface area (Å²) in [5.41, 5.74) is 1.14. The number of benzene rings is 1. The molecule has 0 saturated carbocycles. The summed E-state index contributed by atoms with van der Waals surface area (Å²) < 4.78 is 10.6. The fraction of sp³-hybridized carbons (Fsp3) is 0.600. The second kappa shape index (κ2) is 7.01. The molecule has 1 aliphatic rings. The van der Waals surface area contributed by atoms with Crippen molar-refractivity contribution in [3.05, 3.63) is 22.7 Å². The molecule has 0 amide bonds. The Balaban J connectivity index is 1.73. The number of nitrogens with one attached hydrogen (secondary N) is 1. The lowest BCUT2D eigenvalue weighted by Gasteiger charge is -2.08. The van der Waals surface area contributed by atoms with Gasteiger partial charge in [-0.05, 0) is 36.6 Å². The van der Waals surface area contributed by atoms with E-state index in [9.17, 15) is 0 Å². The molecule has 0 atom stereocenters. The van der Waals surface area contributed by atoms with E-state index >= 15 is 0 Å². The quantitative estimate of drug-likeness (QED) is 0.768. The number of unbranched alkanes of at least 4 members (excludes halogenated alkanes) is 1. The summed E-state index contributed by atoms with van der Waals surface area (Å²) in [6.45, 7) is 6.65. The second-order valence-corrected chi connectivity index (χ2v) is 5.79. The topological polar surface area (TPSA) is 30.5 Å². The Labute approximate surface area is 120 Å². The van der Waals surface area contributed by atoms with E-state index < -0.39 is 0 Å². The van der Waals surface area contributed by atoms with E-state index in [-0.39, 0.29) is 6.79 Å². The van der Waals surface area contributed by atoms with Gasteiger partial charge in [0.25, 0.3) is 0 Å². The standard InChI is InChI=1S/C15H22ClNO2/c1-11(2)5-3-4-6-17-9-12-7-13(16)15-14(8-12)18-10-19-15/h7-8,11,17H,3-6,9-10H2,1-2H3. The van der Waals surface area contributed by atoms with Crippen LogP contribution in [0.1, 0.15) is 38.7 Å². The maximum atomic E-state index is 6.14. The first-order valence-electron chi connectivity index (χ1n) is 6.95. The molecule has 1 aliphatic heterocycles. The van der Waals surface area contributed by atoms with Gasteiger partial charge < -0.3 is 14.8 Å². The fourth-order valence-corrected chi connectivity index (χ4v) is 2.45. The van der Waals surface area contributed by atoms with E-state index in [2.05, 4.69) is 19.2 Å². The van der Waals surface area contributed by atoms with Crippen LogP contribution in [0.25, 0.3) is 0 Å². The number of hydrogen-bond donors (Lipinski definition) is 1. The second-order valence-electron chi connectivity index (χ2n) is 5.38. The maximum Gasteiger partial charge on any atom is 0.231 e.